The van der Waals surface area contributed by atoms with Gasteiger partial charge in [0.1, 0.15) is 0 Å². The van der Waals surface area contributed by atoms with E-state index in [1.807, 2.05) is 6.92 Å². The second kappa shape index (κ2) is 5.67. The van der Waals surface area contributed by atoms with Crippen LogP contribution in [0.2, 0.25) is 0 Å². The van der Waals surface area contributed by atoms with Crippen LogP contribution in [0.5, 0.6) is 0 Å². The van der Waals surface area contributed by atoms with Crippen molar-refractivity contribution in [2.24, 2.45) is 17.1 Å². The first kappa shape index (κ1) is 13.5. The molecule has 1 rings (SSSR count). The average Bonchev–Trinajstić information content (AvgIpc) is 2.95. The van der Waals surface area contributed by atoms with Gasteiger partial charge in [-0.15, -0.1) is 0 Å². The fourth-order valence-electron chi connectivity index (χ4n) is 2.07. The maximum atomic E-state index is 11.6. The van der Waals surface area contributed by atoms with E-state index < -0.39 is 0 Å². The number of amides is 1. The zero-order chi connectivity index (χ0) is 12.2. The van der Waals surface area contributed by atoms with Crippen LogP contribution in [0.3, 0.4) is 0 Å². The number of carbonyl (C=O) groups is 1. The quantitative estimate of drug-likeness (QED) is 0.698. The zero-order valence-electron chi connectivity index (χ0n) is 10.9. The van der Waals surface area contributed by atoms with Crippen LogP contribution >= 0.6 is 0 Å². The van der Waals surface area contributed by atoms with Crippen molar-refractivity contribution in [1.29, 1.82) is 0 Å². The zero-order valence-corrected chi connectivity index (χ0v) is 10.9. The van der Waals surface area contributed by atoms with Crippen LogP contribution < -0.4 is 11.1 Å². The molecule has 16 heavy (non-hydrogen) atoms. The minimum atomic E-state index is 0.188. The summed E-state index contributed by atoms with van der Waals surface area (Å²) in [6.45, 7) is 7.34. The molecule has 1 aliphatic carbocycles. The highest BCUT2D eigenvalue weighted by Gasteiger charge is 2.45. The Kier molecular flexibility index (Phi) is 4.78. The van der Waals surface area contributed by atoms with Gasteiger partial charge in [0, 0.05) is 19.0 Å². The third-order valence-corrected chi connectivity index (χ3v) is 3.82. The van der Waals surface area contributed by atoms with Gasteiger partial charge in [0.05, 0.1) is 0 Å². The number of carbonyl (C=O) groups excluding carboxylic acids is 1. The van der Waals surface area contributed by atoms with Crippen LogP contribution in [0.15, 0.2) is 0 Å². The van der Waals surface area contributed by atoms with Gasteiger partial charge < -0.3 is 11.1 Å². The molecule has 1 unspecified atom stereocenters. The smallest absolute Gasteiger partial charge is 0.220 e. The highest BCUT2D eigenvalue weighted by Crippen LogP contribution is 2.51. The minimum Gasteiger partial charge on any atom is -0.356 e. The van der Waals surface area contributed by atoms with Gasteiger partial charge in [-0.25, -0.2) is 0 Å². The molecule has 0 aliphatic heterocycles. The normalized spacial score (nSPS) is 19.6. The Bertz CT molecular complexity index is 232. The van der Waals surface area contributed by atoms with Crippen molar-refractivity contribution in [3.05, 3.63) is 0 Å². The lowest BCUT2D eigenvalue weighted by Gasteiger charge is -2.20. The van der Waals surface area contributed by atoms with Crippen molar-refractivity contribution in [3.63, 3.8) is 0 Å². The van der Waals surface area contributed by atoms with Gasteiger partial charge in [-0.2, -0.15) is 0 Å². The van der Waals surface area contributed by atoms with Crippen molar-refractivity contribution in [2.75, 3.05) is 6.54 Å². The fourth-order valence-corrected chi connectivity index (χ4v) is 2.07. The molecule has 1 fully saturated rings. The number of nitrogens with one attached hydrogen (secondary N) is 1. The van der Waals surface area contributed by atoms with E-state index in [4.69, 9.17) is 5.73 Å². The number of hydrogen-bond donors (Lipinski definition) is 2. The van der Waals surface area contributed by atoms with E-state index in [1.165, 1.54) is 12.8 Å². The van der Waals surface area contributed by atoms with Crippen LogP contribution in [-0.2, 0) is 4.79 Å². The second-order valence-electron chi connectivity index (χ2n) is 5.66. The SMILES string of the molecule is CC(N)CCCC(=O)NCC1(C(C)C)CC1. The summed E-state index contributed by atoms with van der Waals surface area (Å²) in [5, 5.41) is 3.06. The summed E-state index contributed by atoms with van der Waals surface area (Å²) in [6, 6.07) is 0.207. The Morgan fingerprint density at radius 3 is 2.44 bits per heavy atom. The molecule has 0 aromatic heterocycles. The summed E-state index contributed by atoms with van der Waals surface area (Å²) in [6.07, 6.45) is 4.99. The molecule has 3 N–H and O–H groups in total. The maximum absolute atomic E-state index is 11.6. The number of hydrogen-bond acceptors (Lipinski definition) is 2. The lowest BCUT2D eigenvalue weighted by Crippen LogP contribution is -2.32. The maximum Gasteiger partial charge on any atom is 0.220 e. The van der Waals surface area contributed by atoms with E-state index in [1.54, 1.807) is 0 Å². The molecule has 94 valence electrons. The minimum absolute atomic E-state index is 0.188. The summed E-state index contributed by atoms with van der Waals surface area (Å²) in [5.41, 5.74) is 6.05. The molecule has 0 aromatic rings. The summed E-state index contributed by atoms with van der Waals surface area (Å²) >= 11 is 0. The molecule has 1 amide bonds. The Balaban J connectivity index is 2.11. The summed E-state index contributed by atoms with van der Waals surface area (Å²) in [7, 11) is 0. The molecule has 0 saturated heterocycles. The molecule has 1 saturated carbocycles. The van der Waals surface area contributed by atoms with Crippen LogP contribution in [0.4, 0.5) is 0 Å². The fraction of sp³-hybridized carbons (Fsp3) is 0.923. The van der Waals surface area contributed by atoms with Gasteiger partial charge in [0.15, 0.2) is 0 Å². The van der Waals surface area contributed by atoms with Crippen molar-refractivity contribution >= 4 is 5.91 Å². The highest BCUT2D eigenvalue weighted by atomic mass is 16.1. The van der Waals surface area contributed by atoms with Crippen molar-refractivity contribution in [1.82, 2.24) is 5.32 Å². The first-order valence-electron chi connectivity index (χ1n) is 6.48. The van der Waals surface area contributed by atoms with Crippen LogP contribution in [0.25, 0.3) is 0 Å². The highest BCUT2D eigenvalue weighted by molar-refractivity contribution is 5.75. The molecule has 1 atom stereocenters. The molecule has 3 nitrogen and oxygen atoms in total. The summed E-state index contributed by atoms with van der Waals surface area (Å²) < 4.78 is 0. The summed E-state index contributed by atoms with van der Waals surface area (Å²) in [4.78, 5) is 11.6. The van der Waals surface area contributed by atoms with Gasteiger partial charge in [0.2, 0.25) is 5.91 Å². The molecule has 0 aromatic carbocycles. The Morgan fingerprint density at radius 2 is 2.00 bits per heavy atom. The van der Waals surface area contributed by atoms with Gasteiger partial charge in [-0.1, -0.05) is 13.8 Å². The lowest BCUT2D eigenvalue weighted by atomic mass is 9.92. The third-order valence-electron chi connectivity index (χ3n) is 3.82. The first-order chi connectivity index (χ1) is 7.46. The van der Waals surface area contributed by atoms with Crippen molar-refractivity contribution < 1.29 is 4.79 Å². The predicted octanol–water partition coefficient (Wildman–Crippen LogP) is 2.06. The average molecular weight is 226 g/mol. The van der Waals surface area contributed by atoms with E-state index in [2.05, 4.69) is 19.2 Å². The monoisotopic (exact) mass is 226 g/mol. The van der Waals surface area contributed by atoms with E-state index in [9.17, 15) is 4.79 Å². The molecular weight excluding hydrogens is 200 g/mol. The standard InChI is InChI=1S/C13H26N2O/c1-10(2)13(7-8-13)9-15-12(16)6-4-5-11(3)14/h10-11H,4-9,14H2,1-3H3,(H,15,16). The molecule has 0 bridgehead atoms. The van der Waals surface area contributed by atoms with Gasteiger partial charge in [-0.05, 0) is 43.9 Å². The van der Waals surface area contributed by atoms with E-state index in [-0.39, 0.29) is 11.9 Å². The van der Waals surface area contributed by atoms with E-state index in [0.717, 1.165) is 19.4 Å². The number of nitrogens with two attached hydrogens (primary N) is 1. The Morgan fingerprint density at radius 1 is 1.38 bits per heavy atom. The van der Waals surface area contributed by atoms with Gasteiger partial charge >= 0.3 is 0 Å². The van der Waals surface area contributed by atoms with Crippen LogP contribution in [0.1, 0.15) is 52.9 Å². The third kappa shape index (κ3) is 4.12. The molecule has 3 heteroatoms. The van der Waals surface area contributed by atoms with Gasteiger partial charge in [0.25, 0.3) is 0 Å². The van der Waals surface area contributed by atoms with E-state index in [0.29, 0.717) is 17.8 Å². The van der Waals surface area contributed by atoms with Crippen molar-refractivity contribution in [2.45, 2.75) is 58.9 Å². The lowest BCUT2D eigenvalue weighted by molar-refractivity contribution is -0.121. The van der Waals surface area contributed by atoms with E-state index >= 15 is 0 Å². The number of rotatable bonds is 7. The predicted molar refractivity (Wildman–Crippen MR) is 67.0 cm³/mol. The topological polar surface area (TPSA) is 55.1 Å². The molecular formula is C13H26N2O. The van der Waals surface area contributed by atoms with Crippen LogP contribution in [0, 0.1) is 11.3 Å². The Labute approximate surface area is 99.2 Å². The van der Waals surface area contributed by atoms with Gasteiger partial charge in [-0.3, -0.25) is 4.79 Å². The first-order valence-corrected chi connectivity index (χ1v) is 6.48. The Hall–Kier alpha value is -0.570. The summed E-state index contributed by atoms with van der Waals surface area (Å²) in [5.74, 6) is 0.865. The molecule has 0 spiro atoms. The largest absolute Gasteiger partial charge is 0.356 e. The molecule has 1 aliphatic rings. The van der Waals surface area contributed by atoms with Crippen molar-refractivity contribution in [3.8, 4) is 0 Å². The molecule has 0 heterocycles. The second-order valence-corrected chi connectivity index (χ2v) is 5.66. The molecule has 0 radical (unpaired) electrons. The van der Waals surface area contributed by atoms with Crippen LogP contribution in [-0.4, -0.2) is 18.5 Å².